The van der Waals surface area contributed by atoms with Gasteiger partial charge in [-0.25, -0.2) is 4.79 Å². The standard InChI is InChI=1S/C11H16N4O5/c1-6-9(15(19)20)7(2)14(13-6)5-8(16)12-11(3,4)10(17)18/h5H2,1-4H3,(H,12,16)(H,17,18). The second-order valence-electron chi connectivity index (χ2n) is 4.91. The molecule has 110 valence electrons. The molecule has 1 aromatic heterocycles. The molecule has 0 fully saturated rings. The van der Waals surface area contributed by atoms with Gasteiger partial charge in [-0.2, -0.15) is 5.10 Å². The lowest BCUT2D eigenvalue weighted by Crippen LogP contribution is -2.50. The highest BCUT2D eigenvalue weighted by Crippen LogP contribution is 2.21. The lowest BCUT2D eigenvalue weighted by molar-refractivity contribution is -0.386. The highest BCUT2D eigenvalue weighted by molar-refractivity contribution is 5.86. The normalized spacial score (nSPS) is 11.2. The van der Waals surface area contributed by atoms with Gasteiger partial charge in [0.05, 0.1) is 4.92 Å². The summed E-state index contributed by atoms with van der Waals surface area (Å²) in [5.74, 6) is -1.76. The molecule has 9 heteroatoms. The summed E-state index contributed by atoms with van der Waals surface area (Å²) in [6.07, 6.45) is 0. The number of carboxylic acid groups (broad SMARTS) is 1. The molecule has 1 rings (SSSR count). The van der Waals surface area contributed by atoms with Gasteiger partial charge in [0, 0.05) is 0 Å². The number of hydrogen-bond acceptors (Lipinski definition) is 5. The number of nitro groups is 1. The maximum absolute atomic E-state index is 11.8. The highest BCUT2D eigenvalue weighted by atomic mass is 16.6. The molecule has 0 atom stereocenters. The van der Waals surface area contributed by atoms with Crippen molar-refractivity contribution in [3.63, 3.8) is 0 Å². The number of rotatable bonds is 5. The molecule has 0 aliphatic heterocycles. The first-order chi connectivity index (χ1) is 9.06. The van der Waals surface area contributed by atoms with Crippen molar-refractivity contribution in [2.24, 2.45) is 0 Å². The fourth-order valence-electron chi connectivity index (χ4n) is 1.68. The van der Waals surface area contributed by atoms with Crippen molar-refractivity contribution in [3.05, 3.63) is 21.5 Å². The quantitative estimate of drug-likeness (QED) is 0.594. The predicted octanol–water partition coefficient (Wildman–Crippen LogP) is 0.388. The van der Waals surface area contributed by atoms with Gasteiger partial charge in [-0.05, 0) is 27.7 Å². The highest BCUT2D eigenvalue weighted by Gasteiger charge is 2.30. The molecule has 1 amide bonds. The van der Waals surface area contributed by atoms with E-state index < -0.39 is 22.3 Å². The summed E-state index contributed by atoms with van der Waals surface area (Å²) in [6.45, 7) is 5.36. The minimum absolute atomic E-state index is 0.143. The van der Waals surface area contributed by atoms with Crippen LogP contribution in [0.2, 0.25) is 0 Å². The van der Waals surface area contributed by atoms with Crippen molar-refractivity contribution in [2.75, 3.05) is 0 Å². The largest absolute Gasteiger partial charge is 0.480 e. The Morgan fingerprint density at radius 1 is 1.45 bits per heavy atom. The average Bonchev–Trinajstić information content (AvgIpc) is 2.52. The summed E-state index contributed by atoms with van der Waals surface area (Å²) in [5.41, 5.74) is -1.11. The molecule has 0 aliphatic carbocycles. The second-order valence-corrected chi connectivity index (χ2v) is 4.91. The fraction of sp³-hybridized carbons (Fsp3) is 0.545. The van der Waals surface area contributed by atoms with Gasteiger partial charge in [0.15, 0.2) is 0 Å². The molecule has 0 spiro atoms. The summed E-state index contributed by atoms with van der Waals surface area (Å²) in [7, 11) is 0. The number of hydrogen-bond donors (Lipinski definition) is 2. The van der Waals surface area contributed by atoms with Gasteiger partial charge < -0.3 is 10.4 Å². The zero-order valence-corrected chi connectivity index (χ0v) is 11.6. The molecule has 0 bridgehead atoms. The maximum atomic E-state index is 11.8. The number of amides is 1. The van der Waals surface area contributed by atoms with Crippen molar-refractivity contribution < 1.29 is 19.6 Å². The average molecular weight is 284 g/mol. The van der Waals surface area contributed by atoms with E-state index in [1.54, 1.807) is 0 Å². The molecular formula is C11H16N4O5. The van der Waals surface area contributed by atoms with E-state index in [1.165, 1.54) is 32.4 Å². The Morgan fingerprint density at radius 2 is 2.00 bits per heavy atom. The molecule has 1 heterocycles. The lowest BCUT2D eigenvalue weighted by Gasteiger charge is -2.20. The minimum Gasteiger partial charge on any atom is -0.480 e. The summed E-state index contributed by atoms with van der Waals surface area (Å²) in [4.78, 5) is 32.9. The van der Waals surface area contributed by atoms with Gasteiger partial charge in [-0.3, -0.25) is 19.6 Å². The molecule has 1 aromatic rings. The molecule has 9 nitrogen and oxygen atoms in total. The molecule has 20 heavy (non-hydrogen) atoms. The van der Waals surface area contributed by atoms with E-state index in [-0.39, 0.29) is 23.6 Å². The van der Waals surface area contributed by atoms with Gasteiger partial charge in [0.25, 0.3) is 0 Å². The maximum Gasteiger partial charge on any atom is 0.328 e. The summed E-state index contributed by atoms with van der Waals surface area (Å²) < 4.78 is 1.18. The van der Waals surface area contributed by atoms with Crippen LogP contribution in [0.25, 0.3) is 0 Å². The molecule has 2 N–H and O–H groups in total. The Morgan fingerprint density at radius 3 is 2.40 bits per heavy atom. The van der Waals surface area contributed by atoms with E-state index in [9.17, 15) is 19.7 Å². The van der Waals surface area contributed by atoms with Crippen LogP contribution >= 0.6 is 0 Å². The van der Waals surface area contributed by atoms with E-state index in [1.807, 2.05) is 0 Å². The van der Waals surface area contributed by atoms with Crippen molar-refractivity contribution in [1.82, 2.24) is 15.1 Å². The Bertz CT molecular complexity index is 576. The first-order valence-electron chi connectivity index (χ1n) is 5.79. The van der Waals surface area contributed by atoms with Crippen LogP contribution in [-0.4, -0.2) is 37.2 Å². The Labute approximate surface area is 114 Å². The molecular weight excluding hydrogens is 268 g/mol. The zero-order chi connectivity index (χ0) is 15.7. The van der Waals surface area contributed by atoms with Crippen LogP contribution < -0.4 is 5.32 Å². The molecule has 0 saturated carbocycles. The first-order valence-corrected chi connectivity index (χ1v) is 5.79. The number of carboxylic acids is 1. The van der Waals surface area contributed by atoms with Crippen LogP contribution in [0.3, 0.4) is 0 Å². The third-order valence-corrected chi connectivity index (χ3v) is 2.81. The van der Waals surface area contributed by atoms with Gasteiger partial charge >= 0.3 is 11.7 Å². The third kappa shape index (κ3) is 3.11. The van der Waals surface area contributed by atoms with E-state index in [0.29, 0.717) is 0 Å². The van der Waals surface area contributed by atoms with E-state index in [2.05, 4.69) is 10.4 Å². The number of carbonyl (C=O) groups is 2. The van der Waals surface area contributed by atoms with Gasteiger partial charge in [-0.1, -0.05) is 0 Å². The van der Waals surface area contributed by atoms with Crippen LogP contribution in [0.4, 0.5) is 5.69 Å². The van der Waals surface area contributed by atoms with Crippen LogP contribution in [0.5, 0.6) is 0 Å². The van der Waals surface area contributed by atoms with Crippen LogP contribution in [0, 0.1) is 24.0 Å². The Kier molecular flexibility index (Phi) is 4.11. The van der Waals surface area contributed by atoms with E-state index in [4.69, 9.17) is 5.11 Å². The topological polar surface area (TPSA) is 127 Å². The minimum atomic E-state index is -1.42. The SMILES string of the molecule is Cc1nn(CC(=O)NC(C)(C)C(=O)O)c(C)c1[N+](=O)[O-]. The van der Waals surface area contributed by atoms with Gasteiger partial charge in [0.1, 0.15) is 23.5 Å². The number of nitrogens with zero attached hydrogens (tertiary/aromatic N) is 3. The van der Waals surface area contributed by atoms with Crippen LogP contribution in [0.15, 0.2) is 0 Å². The molecule has 0 aromatic carbocycles. The number of nitrogens with one attached hydrogen (secondary N) is 1. The lowest BCUT2D eigenvalue weighted by atomic mass is 10.1. The molecule has 0 saturated heterocycles. The molecule has 0 aliphatic rings. The molecule has 0 radical (unpaired) electrons. The Hall–Kier alpha value is -2.45. The first kappa shape index (κ1) is 15.6. The second kappa shape index (κ2) is 5.27. The predicted molar refractivity (Wildman–Crippen MR) is 68.2 cm³/mol. The van der Waals surface area contributed by atoms with Crippen molar-refractivity contribution >= 4 is 17.6 Å². The molecule has 0 unspecified atom stereocenters. The summed E-state index contributed by atoms with van der Waals surface area (Å²) >= 11 is 0. The number of aryl methyl sites for hydroxylation is 1. The Balaban J connectivity index is 2.90. The van der Waals surface area contributed by atoms with Crippen LogP contribution in [-0.2, 0) is 16.1 Å². The van der Waals surface area contributed by atoms with E-state index >= 15 is 0 Å². The third-order valence-electron chi connectivity index (χ3n) is 2.81. The monoisotopic (exact) mass is 284 g/mol. The summed E-state index contributed by atoms with van der Waals surface area (Å²) in [6, 6.07) is 0. The van der Waals surface area contributed by atoms with Crippen molar-refractivity contribution in [2.45, 2.75) is 39.8 Å². The van der Waals surface area contributed by atoms with Gasteiger partial charge in [0.2, 0.25) is 5.91 Å². The van der Waals surface area contributed by atoms with Crippen molar-refractivity contribution in [1.29, 1.82) is 0 Å². The van der Waals surface area contributed by atoms with Crippen molar-refractivity contribution in [3.8, 4) is 0 Å². The van der Waals surface area contributed by atoms with Gasteiger partial charge in [-0.15, -0.1) is 0 Å². The smallest absolute Gasteiger partial charge is 0.328 e. The number of carbonyl (C=O) groups excluding carboxylic acids is 1. The summed E-state index contributed by atoms with van der Waals surface area (Å²) in [5, 5.41) is 26.0. The van der Waals surface area contributed by atoms with Crippen LogP contribution in [0.1, 0.15) is 25.2 Å². The fourth-order valence-corrected chi connectivity index (χ4v) is 1.68. The zero-order valence-electron chi connectivity index (χ0n) is 11.6. The number of aromatic nitrogens is 2. The number of aliphatic carboxylic acids is 1. The van der Waals surface area contributed by atoms with E-state index in [0.717, 1.165) is 0 Å².